The fourth-order valence-corrected chi connectivity index (χ4v) is 3.79. The first-order chi connectivity index (χ1) is 13.2. The fourth-order valence-electron chi connectivity index (χ4n) is 3.79. The summed E-state index contributed by atoms with van der Waals surface area (Å²) < 4.78 is 11.3. The first-order valence-corrected chi connectivity index (χ1v) is 9.31. The Bertz CT molecular complexity index is 1020. The quantitative estimate of drug-likeness (QED) is 0.752. The summed E-state index contributed by atoms with van der Waals surface area (Å²) in [4.78, 5) is 15.4. The van der Waals surface area contributed by atoms with E-state index in [0.717, 1.165) is 25.9 Å². The van der Waals surface area contributed by atoms with Crippen molar-refractivity contribution >= 4 is 11.0 Å². The molecule has 5 heteroatoms. The van der Waals surface area contributed by atoms with Gasteiger partial charge in [-0.25, -0.2) is 0 Å². The number of phenolic OH excluding ortho intramolecular Hbond substituents is 1. The number of benzene rings is 2. The molecule has 1 aliphatic rings. The van der Waals surface area contributed by atoms with Gasteiger partial charge in [-0.2, -0.15) is 0 Å². The zero-order valence-electron chi connectivity index (χ0n) is 15.4. The van der Waals surface area contributed by atoms with Crippen LogP contribution in [-0.4, -0.2) is 30.2 Å². The predicted octanol–water partition coefficient (Wildman–Crippen LogP) is 4.16. The Labute approximate surface area is 157 Å². The van der Waals surface area contributed by atoms with Crippen LogP contribution in [0.3, 0.4) is 0 Å². The van der Waals surface area contributed by atoms with Crippen molar-refractivity contribution in [2.45, 2.75) is 25.8 Å². The molecule has 0 bridgehead atoms. The number of fused-ring (bicyclic) bond motifs is 1. The van der Waals surface area contributed by atoms with E-state index in [4.69, 9.17) is 9.15 Å². The van der Waals surface area contributed by atoms with Gasteiger partial charge in [-0.3, -0.25) is 9.69 Å². The van der Waals surface area contributed by atoms with Crippen molar-refractivity contribution in [3.05, 3.63) is 58.4 Å². The van der Waals surface area contributed by atoms with E-state index >= 15 is 0 Å². The van der Waals surface area contributed by atoms with Gasteiger partial charge < -0.3 is 14.3 Å². The Hall–Kier alpha value is -2.79. The Balaban J connectivity index is 1.82. The minimum atomic E-state index is -0.124. The fraction of sp³-hybridized carbons (Fsp3) is 0.318. The molecule has 1 N–H and O–H groups in total. The monoisotopic (exact) mass is 365 g/mol. The molecule has 3 aromatic rings. The molecular weight excluding hydrogens is 342 g/mol. The Morgan fingerprint density at radius 1 is 1.07 bits per heavy atom. The maximum Gasteiger partial charge on any atom is 0.200 e. The molecule has 1 saturated heterocycles. The third kappa shape index (κ3) is 3.30. The predicted molar refractivity (Wildman–Crippen MR) is 105 cm³/mol. The van der Waals surface area contributed by atoms with Crippen molar-refractivity contribution in [3.8, 4) is 22.6 Å². The number of aromatic hydroxyl groups is 1. The molecule has 1 aromatic heterocycles. The summed E-state index contributed by atoms with van der Waals surface area (Å²) >= 11 is 0. The summed E-state index contributed by atoms with van der Waals surface area (Å²) in [7, 11) is 1.58. The first kappa shape index (κ1) is 17.6. The van der Waals surface area contributed by atoms with Gasteiger partial charge in [0.1, 0.15) is 23.3 Å². The van der Waals surface area contributed by atoms with Crippen LogP contribution in [0.1, 0.15) is 24.8 Å². The molecular formula is C22H23NO4. The van der Waals surface area contributed by atoms with Crippen LogP contribution >= 0.6 is 0 Å². The number of likely N-dealkylation sites (tertiary alicyclic amines) is 1. The lowest BCUT2D eigenvalue weighted by Gasteiger charge is -2.26. The second-order valence-corrected chi connectivity index (χ2v) is 6.96. The zero-order chi connectivity index (χ0) is 18.8. The number of hydrogen-bond donors (Lipinski definition) is 1. The van der Waals surface area contributed by atoms with Gasteiger partial charge in [-0.1, -0.05) is 24.6 Å². The Kier molecular flexibility index (Phi) is 4.86. The summed E-state index contributed by atoms with van der Waals surface area (Å²) in [5.41, 5.74) is 2.17. The van der Waals surface area contributed by atoms with Gasteiger partial charge in [0.05, 0.1) is 23.6 Å². The highest BCUT2D eigenvalue weighted by molar-refractivity contribution is 5.86. The van der Waals surface area contributed by atoms with Gasteiger partial charge >= 0.3 is 0 Å². The molecule has 2 aromatic carbocycles. The standard InChI is InChI=1S/C22H23NO4/c1-26-20-8-4-3-7-15(20)18-14-27-22-16(21(18)25)9-10-19(24)17(22)13-23-11-5-2-6-12-23/h3-4,7-10,14,24H,2,5-6,11-13H2,1H3. The Morgan fingerprint density at radius 3 is 2.63 bits per heavy atom. The zero-order valence-corrected chi connectivity index (χ0v) is 15.4. The maximum absolute atomic E-state index is 13.1. The van der Waals surface area contributed by atoms with E-state index in [-0.39, 0.29) is 11.2 Å². The van der Waals surface area contributed by atoms with Crippen molar-refractivity contribution in [1.29, 1.82) is 0 Å². The van der Waals surface area contributed by atoms with Gasteiger partial charge in [0, 0.05) is 12.1 Å². The number of nitrogens with zero attached hydrogens (tertiary/aromatic N) is 1. The topological polar surface area (TPSA) is 62.9 Å². The number of hydrogen-bond acceptors (Lipinski definition) is 5. The molecule has 0 amide bonds. The summed E-state index contributed by atoms with van der Waals surface area (Å²) in [6.07, 6.45) is 5.04. The van der Waals surface area contributed by atoms with E-state index in [2.05, 4.69) is 4.90 Å². The van der Waals surface area contributed by atoms with Gasteiger partial charge in [0.25, 0.3) is 0 Å². The second-order valence-electron chi connectivity index (χ2n) is 6.96. The molecule has 5 nitrogen and oxygen atoms in total. The van der Waals surface area contributed by atoms with E-state index in [9.17, 15) is 9.90 Å². The first-order valence-electron chi connectivity index (χ1n) is 9.31. The smallest absolute Gasteiger partial charge is 0.200 e. The maximum atomic E-state index is 13.1. The molecule has 0 radical (unpaired) electrons. The number of piperidine rings is 1. The van der Waals surface area contributed by atoms with Crippen molar-refractivity contribution < 1.29 is 14.3 Å². The number of phenols is 1. The molecule has 2 heterocycles. The summed E-state index contributed by atoms with van der Waals surface area (Å²) in [6, 6.07) is 10.6. The van der Waals surface area contributed by atoms with Crippen LogP contribution in [-0.2, 0) is 6.54 Å². The van der Waals surface area contributed by atoms with Crippen molar-refractivity contribution in [3.63, 3.8) is 0 Å². The summed E-state index contributed by atoms with van der Waals surface area (Å²) in [5, 5.41) is 10.9. The highest BCUT2D eigenvalue weighted by atomic mass is 16.5. The largest absolute Gasteiger partial charge is 0.507 e. The van der Waals surface area contributed by atoms with Crippen LogP contribution in [0, 0.1) is 0 Å². The number of para-hydroxylation sites is 1. The van der Waals surface area contributed by atoms with Gasteiger partial charge in [-0.05, 0) is 44.1 Å². The third-order valence-corrected chi connectivity index (χ3v) is 5.25. The average molecular weight is 365 g/mol. The van der Waals surface area contributed by atoms with Crippen molar-refractivity contribution in [2.24, 2.45) is 0 Å². The van der Waals surface area contributed by atoms with Crippen LogP contribution in [0.5, 0.6) is 11.5 Å². The normalized spacial score (nSPS) is 15.1. The molecule has 0 unspecified atom stereocenters. The van der Waals surface area contributed by atoms with Crippen LogP contribution in [0.25, 0.3) is 22.1 Å². The SMILES string of the molecule is COc1ccccc1-c1coc2c(CN3CCCCC3)c(O)ccc2c1=O. The molecule has 0 saturated carbocycles. The number of methoxy groups -OCH3 is 1. The molecule has 1 fully saturated rings. The minimum Gasteiger partial charge on any atom is -0.507 e. The third-order valence-electron chi connectivity index (χ3n) is 5.25. The molecule has 140 valence electrons. The Morgan fingerprint density at radius 2 is 1.85 bits per heavy atom. The van der Waals surface area contributed by atoms with Gasteiger partial charge in [-0.15, -0.1) is 0 Å². The molecule has 4 rings (SSSR count). The highest BCUT2D eigenvalue weighted by Crippen LogP contribution is 2.32. The van der Waals surface area contributed by atoms with Crippen LogP contribution in [0.2, 0.25) is 0 Å². The van der Waals surface area contributed by atoms with E-state index in [1.165, 1.54) is 12.7 Å². The minimum absolute atomic E-state index is 0.124. The van der Waals surface area contributed by atoms with Crippen molar-refractivity contribution in [2.75, 3.05) is 20.2 Å². The van der Waals surface area contributed by atoms with E-state index in [0.29, 0.717) is 40.0 Å². The lowest BCUT2D eigenvalue weighted by atomic mass is 10.0. The van der Waals surface area contributed by atoms with Gasteiger partial charge in [0.15, 0.2) is 0 Å². The van der Waals surface area contributed by atoms with Crippen molar-refractivity contribution in [1.82, 2.24) is 4.90 Å². The van der Waals surface area contributed by atoms with E-state index < -0.39 is 0 Å². The molecule has 27 heavy (non-hydrogen) atoms. The molecule has 0 aliphatic carbocycles. The molecule has 0 spiro atoms. The van der Waals surface area contributed by atoms with Crippen LogP contribution in [0.4, 0.5) is 0 Å². The van der Waals surface area contributed by atoms with Gasteiger partial charge in [0.2, 0.25) is 5.43 Å². The van der Waals surface area contributed by atoms with E-state index in [1.54, 1.807) is 19.2 Å². The average Bonchev–Trinajstić information content (AvgIpc) is 2.71. The summed E-state index contributed by atoms with van der Waals surface area (Å²) in [6.45, 7) is 2.58. The van der Waals surface area contributed by atoms with Crippen LogP contribution < -0.4 is 10.2 Å². The molecule has 0 atom stereocenters. The molecule has 1 aliphatic heterocycles. The number of ether oxygens (including phenoxy) is 1. The lowest BCUT2D eigenvalue weighted by molar-refractivity contribution is 0.218. The lowest BCUT2D eigenvalue weighted by Crippen LogP contribution is -2.29. The summed E-state index contributed by atoms with van der Waals surface area (Å²) in [5.74, 6) is 0.790. The second kappa shape index (κ2) is 7.45. The van der Waals surface area contributed by atoms with E-state index in [1.807, 2.05) is 24.3 Å². The number of rotatable bonds is 4. The highest BCUT2D eigenvalue weighted by Gasteiger charge is 2.19. The van der Waals surface area contributed by atoms with Crippen LogP contribution in [0.15, 0.2) is 51.9 Å².